The van der Waals surface area contributed by atoms with Gasteiger partial charge in [0.1, 0.15) is 22.3 Å². The van der Waals surface area contributed by atoms with Gasteiger partial charge in [-0.1, -0.05) is 218 Å². The van der Waals surface area contributed by atoms with Crippen LogP contribution in [-0.4, -0.2) is 27.5 Å². The summed E-state index contributed by atoms with van der Waals surface area (Å²) in [5.41, 5.74) is 22.0. The molecule has 17 rings (SSSR count). The van der Waals surface area contributed by atoms with Gasteiger partial charge in [-0.05, 0) is 125 Å². The van der Waals surface area contributed by atoms with E-state index in [4.69, 9.17) is 18.8 Å². The van der Waals surface area contributed by atoms with Crippen LogP contribution in [0.25, 0.3) is 143 Å². The van der Waals surface area contributed by atoms with E-state index >= 15 is 0 Å². The summed E-state index contributed by atoms with van der Waals surface area (Å²) in [4.78, 5) is 14.4. The van der Waals surface area contributed by atoms with Crippen LogP contribution in [0, 0.1) is 0 Å². The molecule has 0 radical (unpaired) electrons. The molecule has 4 heterocycles. The van der Waals surface area contributed by atoms with Crippen molar-refractivity contribution in [3.05, 3.63) is 314 Å². The first-order valence-corrected chi connectivity index (χ1v) is 30.0. The summed E-state index contributed by atoms with van der Waals surface area (Å²) in [6.07, 6.45) is 0. The third kappa shape index (κ3) is 8.86. The minimum absolute atomic E-state index is 0.419. The highest BCUT2D eigenvalue weighted by molar-refractivity contribution is 6.16. The number of hydrogen-bond donors (Lipinski definition) is 0. The molecule has 0 amide bonds. The maximum atomic E-state index is 6.51. The molecule has 0 saturated carbocycles. The number of hydrogen-bond acceptors (Lipinski definition) is 3. The Morgan fingerprint density at radius 3 is 1.31 bits per heavy atom. The average molecular weight is 1140 g/mol. The van der Waals surface area contributed by atoms with E-state index in [1.54, 1.807) is 0 Å². The topological polar surface area (TPSA) is 73.2 Å². The number of nitrogens with zero attached hydrogens (tertiary/aromatic N) is 5. The Balaban J connectivity index is 0.760. The van der Waals surface area contributed by atoms with E-state index in [9.17, 15) is 0 Å². The highest BCUT2D eigenvalue weighted by Gasteiger charge is 2.20. The van der Waals surface area contributed by atoms with E-state index in [1.807, 2.05) is 84.9 Å². The molecule has 89 heavy (non-hydrogen) atoms. The number of para-hydroxylation sites is 5. The number of furan rings is 2. The van der Waals surface area contributed by atoms with Crippen LogP contribution in [0.3, 0.4) is 0 Å². The first kappa shape index (κ1) is 51.5. The van der Waals surface area contributed by atoms with Crippen LogP contribution in [0.1, 0.15) is 16.7 Å². The fourth-order valence-corrected chi connectivity index (χ4v) is 13.3. The van der Waals surface area contributed by atoms with E-state index in [-0.39, 0.29) is 0 Å². The van der Waals surface area contributed by atoms with Crippen LogP contribution in [0.4, 0.5) is 0 Å². The van der Waals surface area contributed by atoms with Gasteiger partial charge in [0.25, 0.3) is 0 Å². The molecular formula is C82H53N5O2. The fraction of sp³-hybridized carbons (Fsp3) is 0.0122. The minimum atomic E-state index is 0.419. The second-order valence-electron chi connectivity index (χ2n) is 22.7. The van der Waals surface area contributed by atoms with Crippen molar-refractivity contribution in [1.82, 2.24) is 9.13 Å². The summed E-state index contributed by atoms with van der Waals surface area (Å²) in [6.45, 7) is 4.28. The number of rotatable bonds is 10. The zero-order chi connectivity index (χ0) is 58.9. The molecule has 0 spiro atoms. The minimum Gasteiger partial charge on any atom is -0.455 e. The molecule has 0 aliphatic carbocycles. The molecule has 4 aromatic heterocycles. The van der Waals surface area contributed by atoms with Crippen LogP contribution in [-0.2, 0) is 6.54 Å². The summed E-state index contributed by atoms with van der Waals surface area (Å²) in [5, 5.41) is 9.19. The normalized spacial score (nSPS) is 12.3. The van der Waals surface area contributed by atoms with E-state index in [0.29, 0.717) is 18.2 Å². The van der Waals surface area contributed by atoms with Crippen molar-refractivity contribution < 1.29 is 8.83 Å². The number of fused-ring (bicyclic) bond motifs is 12. The lowest BCUT2D eigenvalue weighted by Gasteiger charge is -2.11. The summed E-state index contributed by atoms with van der Waals surface area (Å²) < 4.78 is 17.8. The number of amidine groups is 2. The first-order chi connectivity index (χ1) is 44.1. The van der Waals surface area contributed by atoms with Gasteiger partial charge in [-0.25, -0.2) is 9.98 Å². The number of aromatic nitrogens is 2. The predicted molar refractivity (Wildman–Crippen MR) is 371 cm³/mol. The molecule has 0 aliphatic heterocycles. The maximum Gasteiger partial charge on any atom is 0.161 e. The lowest BCUT2D eigenvalue weighted by atomic mass is 9.97. The molecule has 13 aromatic carbocycles. The molecule has 0 atom stereocenters. The van der Waals surface area contributed by atoms with Gasteiger partial charge in [-0.3, -0.25) is 4.99 Å². The Morgan fingerprint density at radius 1 is 0.315 bits per heavy atom. The zero-order valence-electron chi connectivity index (χ0n) is 48.3. The Kier molecular flexibility index (Phi) is 12.3. The van der Waals surface area contributed by atoms with Crippen LogP contribution in [0.5, 0.6) is 0 Å². The number of aliphatic imine (C=N–C) groups is 3. The van der Waals surface area contributed by atoms with Crippen molar-refractivity contribution in [2.24, 2.45) is 15.0 Å². The lowest BCUT2D eigenvalue weighted by molar-refractivity contribution is 0.669. The molecular weight excluding hydrogens is 1090 g/mol. The van der Waals surface area contributed by atoms with Crippen molar-refractivity contribution in [2.75, 3.05) is 0 Å². The third-order valence-electron chi connectivity index (χ3n) is 17.6. The summed E-state index contributed by atoms with van der Waals surface area (Å²) in [5.74, 6) is 1.12. The van der Waals surface area contributed by atoms with Crippen molar-refractivity contribution in [1.29, 1.82) is 0 Å². The molecule has 0 fully saturated rings. The van der Waals surface area contributed by atoms with Crippen molar-refractivity contribution in [2.45, 2.75) is 6.54 Å². The quantitative estimate of drug-likeness (QED) is 0.101. The predicted octanol–water partition coefficient (Wildman–Crippen LogP) is 21.4. The van der Waals surface area contributed by atoms with Crippen LogP contribution in [0.15, 0.2) is 321 Å². The van der Waals surface area contributed by atoms with Gasteiger partial charge in [-0.2, -0.15) is 0 Å². The van der Waals surface area contributed by atoms with Crippen LogP contribution >= 0.6 is 0 Å². The van der Waals surface area contributed by atoms with Gasteiger partial charge in [-0.15, -0.1) is 0 Å². The van der Waals surface area contributed by atoms with E-state index in [2.05, 4.69) is 233 Å². The summed E-state index contributed by atoms with van der Waals surface area (Å²) in [6, 6.07) is 105. The SMILES string of the molecule is C=NC(=NC(=NCc1cccc(-n2c3ccccc3c3cc(-c4ccc5c(c4)c4cc(-c6ccc(-c7cccc8c7oc7ccccc78)cc6)ccc4n5-c4ccc(-c5cccc6c5oc5ccccc56)cc4)ccc32)c1)c1ccccc1)c1ccccc1. The second kappa shape index (κ2) is 21.2. The summed E-state index contributed by atoms with van der Waals surface area (Å²) >= 11 is 0. The third-order valence-corrected chi connectivity index (χ3v) is 17.6. The van der Waals surface area contributed by atoms with Crippen molar-refractivity contribution in [3.63, 3.8) is 0 Å². The van der Waals surface area contributed by atoms with Gasteiger partial charge in [0, 0.05) is 76.7 Å². The fourth-order valence-electron chi connectivity index (χ4n) is 13.3. The monoisotopic (exact) mass is 1140 g/mol. The molecule has 7 heteroatoms. The Morgan fingerprint density at radius 2 is 0.742 bits per heavy atom. The largest absolute Gasteiger partial charge is 0.455 e. The van der Waals surface area contributed by atoms with E-state index < -0.39 is 0 Å². The Labute approximate surface area is 512 Å². The molecule has 0 saturated heterocycles. The molecule has 0 unspecified atom stereocenters. The molecule has 0 bridgehead atoms. The highest BCUT2D eigenvalue weighted by Crippen LogP contribution is 2.43. The van der Waals surface area contributed by atoms with E-state index in [1.165, 1.54) is 21.5 Å². The smallest absolute Gasteiger partial charge is 0.161 e. The first-order valence-electron chi connectivity index (χ1n) is 30.0. The zero-order valence-corrected chi connectivity index (χ0v) is 48.3. The molecule has 17 aromatic rings. The van der Waals surface area contributed by atoms with Gasteiger partial charge in [0.2, 0.25) is 0 Å². The van der Waals surface area contributed by atoms with Gasteiger partial charge < -0.3 is 18.0 Å². The maximum absolute atomic E-state index is 6.51. The van der Waals surface area contributed by atoms with Crippen LogP contribution < -0.4 is 0 Å². The molecule has 418 valence electrons. The van der Waals surface area contributed by atoms with Crippen molar-refractivity contribution in [3.8, 4) is 55.9 Å². The molecule has 0 N–H and O–H groups in total. The summed E-state index contributed by atoms with van der Waals surface area (Å²) in [7, 11) is 0. The Hall–Kier alpha value is -11.9. The van der Waals surface area contributed by atoms with Crippen LogP contribution in [0.2, 0.25) is 0 Å². The Bertz CT molecular complexity index is 5710. The lowest BCUT2D eigenvalue weighted by Crippen LogP contribution is -2.05. The van der Waals surface area contributed by atoms with Gasteiger partial charge in [0.05, 0.1) is 28.6 Å². The van der Waals surface area contributed by atoms with Gasteiger partial charge >= 0.3 is 0 Å². The molecule has 0 aliphatic rings. The standard InChI is InChI=1S/C82H53N5O2/c1-83-81(56-18-4-2-5-19-56)85-82(57-20-6-3-7-21-57)84-51-52-17-14-22-62(47-52)87-73-30-11-8-23-65(73)70-49-59(40-45-74(70)87)60-41-46-76-72(50-60)71-48-58(53-33-35-54(36-34-53)63-26-15-28-68-66-24-9-12-31-77(66)88-79(63)68)39-44-75(71)86(76)61-42-37-55(38-43-61)64-27-16-29-69-67-25-10-13-32-78(67)89-80(64)69/h2-50H,1,51H2. The van der Waals surface area contributed by atoms with E-state index in [0.717, 1.165) is 139 Å². The van der Waals surface area contributed by atoms with Gasteiger partial charge in [0.15, 0.2) is 11.7 Å². The number of benzene rings is 13. The average Bonchev–Trinajstić information content (AvgIpc) is 1.71. The molecule has 7 nitrogen and oxygen atoms in total. The highest BCUT2D eigenvalue weighted by atomic mass is 16.3. The van der Waals surface area contributed by atoms with Crippen molar-refractivity contribution >= 4 is 106 Å². The second-order valence-corrected chi connectivity index (χ2v) is 22.7.